The van der Waals surface area contributed by atoms with Crippen molar-refractivity contribution in [1.29, 1.82) is 0 Å². The van der Waals surface area contributed by atoms with Crippen LogP contribution in [0.5, 0.6) is 0 Å². The molecule has 0 heterocycles. The number of amides is 1. The van der Waals surface area contributed by atoms with Crippen molar-refractivity contribution < 1.29 is 4.79 Å². The van der Waals surface area contributed by atoms with Crippen LogP contribution in [0.15, 0.2) is 0 Å². The minimum atomic E-state index is 0.282. The maximum absolute atomic E-state index is 11.9. The molecule has 0 unspecified atom stereocenters. The molecule has 0 aromatic rings. The molecule has 0 aromatic carbocycles. The lowest BCUT2D eigenvalue weighted by atomic mass is 9.82. The molecular weight excluding hydrogens is 186 g/mol. The Bertz CT molecular complexity index is 271. The molecule has 0 atom stereocenters. The second-order valence-electron chi connectivity index (χ2n) is 4.92. The van der Waals surface area contributed by atoms with E-state index < -0.39 is 0 Å². The topological polar surface area (TPSA) is 20.3 Å². The van der Waals surface area contributed by atoms with Crippen LogP contribution in [0, 0.1) is 24.2 Å². The average Bonchev–Trinajstić information content (AvgIpc) is 2.94. The van der Waals surface area contributed by atoms with Crippen LogP contribution in [0.2, 0.25) is 0 Å². The van der Waals surface area contributed by atoms with Crippen molar-refractivity contribution in [2.24, 2.45) is 11.8 Å². The van der Waals surface area contributed by atoms with E-state index in [0.29, 0.717) is 12.5 Å². The summed E-state index contributed by atoms with van der Waals surface area (Å²) in [6.45, 7) is 1.40. The van der Waals surface area contributed by atoms with Gasteiger partial charge < -0.3 is 4.90 Å². The molecule has 0 bridgehead atoms. The second-order valence-corrected chi connectivity index (χ2v) is 4.92. The Morgan fingerprint density at radius 2 is 2.00 bits per heavy atom. The molecule has 0 N–H and O–H groups in total. The van der Waals surface area contributed by atoms with Gasteiger partial charge in [0.1, 0.15) is 0 Å². The summed E-state index contributed by atoms with van der Waals surface area (Å²) in [5.74, 6) is 4.27. The van der Waals surface area contributed by atoms with Crippen molar-refractivity contribution in [2.45, 2.75) is 38.5 Å². The summed E-state index contributed by atoms with van der Waals surface area (Å²) < 4.78 is 0. The van der Waals surface area contributed by atoms with Gasteiger partial charge in [-0.25, -0.2) is 0 Å². The van der Waals surface area contributed by atoms with Gasteiger partial charge in [0.2, 0.25) is 5.91 Å². The largest absolute Gasteiger partial charge is 0.331 e. The first-order valence-electron chi connectivity index (χ1n) is 6.01. The fourth-order valence-electron chi connectivity index (χ4n) is 2.05. The molecule has 1 amide bonds. The first-order valence-corrected chi connectivity index (χ1v) is 6.01. The van der Waals surface area contributed by atoms with Gasteiger partial charge in [0.15, 0.2) is 0 Å². The highest BCUT2D eigenvalue weighted by atomic mass is 16.2. The highest BCUT2D eigenvalue weighted by Crippen LogP contribution is 2.32. The Kier molecular flexibility index (Phi) is 3.30. The summed E-state index contributed by atoms with van der Waals surface area (Å²) in [5.41, 5.74) is 0. The van der Waals surface area contributed by atoms with Crippen LogP contribution in [0.4, 0.5) is 0 Å². The predicted octanol–water partition coefficient (Wildman–Crippen LogP) is 2.05. The van der Waals surface area contributed by atoms with Gasteiger partial charge in [0.05, 0.1) is 6.54 Å². The van der Waals surface area contributed by atoms with Crippen LogP contribution in [0.3, 0.4) is 0 Å². The van der Waals surface area contributed by atoms with Crippen LogP contribution >= 0.6 is 0 Å². The Balaban J connectivity index is 1.78. The number of rotatable bonds is 5. The maximum Gasteiger partial charge on any atom is 0.223 e. The summed E-state index contributed by atoms with van der Waals surface area (Å²) in [4.78, 5) is 13.8. The van der Waals surface area contributed by atoms with Crippen molar-refractivity contribution in [3.63, 3.8) is 0 Å². The van der Waals surface area contributed by atoms with Crippen molar-refractivity contribution >= 4 is 5.91 Å². The molecule has 0 aromatic heterocycles. The zero-order valence-electron chi connectivity index (χ0n) is 9.24. The van der Waals surface area contributed by atoms with Gasteiger partial charge in [0, 0.05) is 13.0 Å². The van der Waals surface area contributed by atoms with Crippen molar-refractivity contribution in [3.8, 4) is 12.3 Å². The molecule has 0 saturated heterocycles. The van der Waals surface area contributed by atoms with Gasteiger partial charge >= 0.3 is 0 Å². The highest BCUT2D eigenvalue weighted by Gasteiger charge is 2.28. The third-order valence-electron chi connectivity index (χ3n) is 3.50. The zero-order valence-corrected chi connectivity index (χ0v) is 9.24. The number of carbonyl (C=O) groups is 1. The fourth-order valence-corrected chi connectivity index (χ4v) is 2.05. The minimum Gasteiger partial charge on any atom is -0.331 e. The number of hydrogen-bond donors (Lipinski definition) is 0. The molecule has 0 aliphatic heterocycles. The van der Waals surface area contributed by atoms with Crippen molar-refractivity contribution in [2.75, 3.05) is 13.1 Å². The van der Waals surface area contributed by atoms with Crippen LogP contribution < -0.4 is 0 Å². The molecular formula is C13H19NO. The third-order valence-corrected chi connectivity index (χ3v) is 3.50. The summed E-state index contributed by atoms with van der Waals surface area (Å²) >= 11 is 0. The molecule has 2 heteroatoms. The van der Waals surface area contributed by atoms with Crippen LogP contribution in [-0.4, -0.2) is 23.9 Å². The smallest absolute Gasteiger partial charge is 0.223 e. The molecule has 2 fully saturated rings. The van der Waals surface area contributed by atoms with Gasteiger partial charge in [-0.15, -0.1) is 6.42 Å². The van der Waals surface area contributed by atoms with Crippen LogP contribution in [0.1, 0.15) is 38.5 Å². The molecule has 2 saturated carbocycles. The normalized spacial score (nSPS) is 20.5. The molecule has 2 aliphatic rings. The number of terminal acetylenes is 1. The Morgan fingerprint density at radius 3 is 2.47 bits per heavy atom. The van der Waals surface area contributed by atoms with Gasteiger partial charge in [0.25, 0.3) is 0 Å². The molecule has 2 aliphatic carbocycles. The Hall–Kier alpha value is -0.970. The minimum absolute atomic E-state index is 0.282. The molecule has 82 valence electrons. The number of nitrogens with zero attached hydrogens (tertiary/aromatic N) is 1. The lowest BCUT2D eigenvalue weighted by molar-refractivity contribution is -0.132. The summed E-state index contributed by atoms with van der Waals surface area (Å²) in [5, 5.41) is 0. The number of hydrogen-bond acceptors (Lipinski definition) is 1. The van der Waals surface area contributed by atoms with Crippen molar-refractivity contribution in [1.82, 2.24) is 4.90 Å². The summed E-state index contributed by atoms with van der Waals surface area (Å²) in [7, 11) is 0. The monoisotopic (exact) mass is 205 g/mol. The van der Waals surface area contributed by atoms with E-state index in [0.717, 1.165) is 18.9 Å². The summed E-state index contributed by atoms with van der Waals surface area (Å²) in [6, 6.07) is 0. The van der Waals surface area contributed by atoms with Gasteiger partial charge in [-0.1, -0.05) is 12.3 Å². The maximum atomic E-state index is 11.9. The molecule has 0 spiro atoms. The molecule has 15 heavy (non-hydrogen) atoms. The predicted molar refractivity (Wildman–Crippen MR) is 60.1 cm³/mol. The molecule has 2 nitrogen and oxygen atoms in total. The highest BCUT2D eigenvalue weighted by molar-refractivity contribution is 5.76. The summed E-state index contributed by atoms with van der Waals surface area (Å²) in [6.07, 6.45) is 12.4. The van der Waals surface area contributed by atoms with E-state index in [1.165, 1.54) is 32.1 Å². The molecule has 2 rings (SSSR count). The Labute approximate surface area is 92.0 Å². The quantitative estimate of drug-likeness (QED) is 0.629. The third kappa shape index (κ3) is 2.99. The van der Waals surface area contributed by atoms with Gasteiger partial charge in [-0.2, -0.15) is 0 Å². The second kappa shape index (κ2) is 4.70. The van der Waals surface area contributed by atoms with Crippen LogP contribution in [-0.2, 0) is 4.79 Å². The van der Waals surface area contributed by atoms with Gasteiger partial charge in [-0.3, -0.25) is 4.79 Å². The van der Waals surface area contributed by atoms with E-state index in [2.05, 4.69) is 5.92 Å². The van der Waals surface area contributed by atoms with E-state index in [9.17, 15) is 4.79 Å². The van der Waals surface area contributed by atoms with E-state index in [1.54, 1.807) is 0 Å². The zero-order chi connectivity index (χ0) is 10.7. The van der Waals surface area contributed by atoms with E-state index >= 15 is 0 Å². The first-order chi connectivity index (χ1) is 7.29. The standard InChI is InChI=1S/C13H19NO/c1-2-8-14(10-12-6-7-12)13(15)9-11-4-3-5-11/h1,11-12H,3-10H2. The lowest BCUT2D eigenvalue weighted by Gasteiger charge is -2.28. The van der Waals surface area contributed by atoms with E-state index in [4.69, 9.17) is 6.42 Å². The van der Waals surface area contributed by atoms with Crippen molar-refractivity contribution in [3.05, 3.63) is 0 Å². The van der Waals surface area contributed by atoms with Gasteiger partial charge in [-0.05, 0) is 37.5 Å². The van der Waals surface area contributed by atoms with E-state index in [-0.39, 0.29) is 5.91 Å². The van der Waals surface area contributed by atoms with Crippen LogP contribution in [0.25, 0.3) is 0 Å². The average molecular weight is 205 g/mol. The molecule has 0 radical (unpaired) electrons. The Morgan fingerprint density at radius 1 is 1.27 bits per heavy atom. The fraction of sp³-hybridized carbons (Fsp3) is 0.769. The number of carbonyl (C=O) groups excluding carboxylic acids is 1. The SMILES string of the molecule is C#CCN(CC1CC1)C(=O)CC1CCC1. The van der Waals surface area contributed by atoms with E-state index in [1.807, 2.05) is 4.90 Å². The lowest BCUT2D eigenvalue weighted by Crippen LogP contribution is -2.35. The first kappa shape index (κ1) is 10.5.